The van der Waals surface area contributed by atoms with E-state index in [-0.39, 0.29) is 30.9 Å². The number of cyclic esters (lactones) is 1. The van der Waals surface area contributed by atoms with E-state index in [1.165, 1.54) is 0 Å². The second kappa shape index (κ2) is 10.1. The molecule has 0 radical (unpaired) electrons. The molecule has 8 nitrogen and oxygen atoms in total. The van der Waals surface area contributed by atoms with Crippen molar-refractivity contribution < 1.29 is 29.0 Å². The molecule has 0 aromatic rings. The fourth-order valence-corrected chi connectivity index (χ4v) is 6.40. The maximum atomic E-state index is 14.2. The Balaban J connectivity index is 1.85. The van der Waals surface area contributed by atoms with E-state index in [1.807, 2.05) is 45.1 Å². The predicted octanol–water partition coefficient (Wildman–Crippen LogP) is 2.46. The van der Waals surface area contributed by atoms with Crippen molar-refractivity contribution in [3.05, 3.63) is 24.3 Å². The summed E-state index contributed by atoms with van der Waals surface area (Å²) in [7, 11) is 0. The highest BCUT2D eigenvalue weighted by molar-refractivity contribution is 5.99. The van der Waals surface area contributed by atoms with E-state index in [4.69, 9.17) is 9.47 Å². The van der Waals surface area contributed by atoms with Gasteiger partial charge in [-0.15, -0.1) is 0 Å². The molecule has 0 bridgehead atoms. The smallest absolute Gasteiger partial charge is 0.313 e. The van der Waals surface area contributed by atoms with Crippen LogP contribution in [-0.2, 0) is 23.9 Å². The monoisotopic (exact) mass is 488 g/mol. The van der Waals surface area contributed by atoms with Gasteiger partial charge in [-0.25, -0.2) is 0 Å². The molecular formula is C27H40N2O6. The minimum absolute atomic E-state index is 0.0380. The average Bonchev–Trinajstić information content (AvgIpc) is 3.15. The van der Waals surface area contributed by atoms with Gasteiger partial charge in [0.25, 0.3) is 0 Å². The number of hydrogen-bond acceptors (Lipinski definition) is 6. The van der Waals surface area contributed by atoms with E-state index in [0.29, 0.717) is 19.5 Å². The Morgan fingerprint density at radius 1 is 1.11 bits per heavy atom. The van der Waals surface area contributed by atoms with Crippen molar-refractivity contribution in [3.8, 4) is 0 Å². The van der Waals surface area contributed by atoms with Crippen LogP contribution >= 0.6 is 0 Å². The third-order valence-electron chi connectivity index (χ3n) is 8.42. The second-order valence-electron chi connectivity index (χ2n) is 10.6. The van der Waals surface area contributed by atoms with E-state index >= 15 is 0 Å². The van der Waals surface area contributed by atoms with E-state index in [2.05, 4.69) is 6.92 Å². The van der Waals surface area contributed by atoms with Crippen molar-refractivity contribution in [1.82, 2.24) is 9.80 Å². The maximum absolute atomic E-state index is 14.2. The lowest BCUT2D eigenvalue weighted by Crippen LogP contribution is -2.59. The molecule has 1 N–H and O–H groups in total. The summed E-state index contributed by atoms with van der Waals surface area (Å²) >= 11 is 0. The molecule has 4 aliphatic heterocycles. The van der Waals surface area contributed by atoms with E-state index in [1.54, 1.807) is 9.80 Å². The van der Waals surface area contributed by atoms with Crippen molar-refractivity contribution in [2.75, 3.05) is 26.3 Å². The molecule has 0 aromatic carbocycles. The molecule has 2 saturated heterocycles. The zero-order chi connectivity index (χ0) is 25.4. The molecule has 194 valence electrons. The van der Waals surface area contributed by atoms with Crippen molar-refractivity contribution in [2.24, 2.45) is 17.8 Å². The van der Waals surface area contributed by atoms with Gasteiger partial charge in [-0.2, -0.15) is 0 Å². The van der Waals surface area contributed by atoms with Crippen LogP contribution in [0.15, 0.2) is 24.3 Å². The number of aliphatic hydroxyl groups excluding tert-OH is 1. The minimum Gasteiger partial charge on any atom is -0.465 e. The highest BCUT2D eigenvalue weighted by Gasteiger charge is 2.75. The standard InChI is InChI=1S/C27H40N2O6/c1-5-7-9-14-28-15-11-13-27-20(21-25(33)34-16-10-8-12-26(21,4)35-27)23(31)29(22(27)24(28)32)19(17-30)18(3)6-2/h8,11-13,18-22,30H,5-7,9-10,14-17H2,1-4H3/t18-,19-,20-,21-,22?,26+,27-/m0/s1. The number of ether oxygens (including phenoxy) is 2. The van der Waals surface area contributed by atoms with Gasteiger partial charge in [0.2, 0.25) is 11.8 Å². The van der Waals surface area contributed by atoms with E-state index in [9.17, 15) is 19.5 Å². The first kappa shape index (κ1) is 25.9. The Morgan fingerprint density at radius 3 is 2.57 bits per heavy atom. The van der Waals surface area contributed by atoms with Crippen LogP contribution in [0, 0.1) is 17.8 Å². The average molecular weight is 489 g/mol. The maximum Gasteiger partial charge on any atom is 0.313 e. The van der Waals surface area contributed by atoms with Gasteiger partial charge in [0.15, 0.2) is 0 Å². The number of hydrogen-bond donors (Lipinski definition) is 1. The van der Waals surface area contributed by atoms with Crippen LogP contribution < -0.4 is 0 Å². The molecule has 0 aliphatic carbocycles. The Labute approximate surface area is 208 Å². The number of rotatable bonds is 8. The Morgan fingerprint density at radius 2 is 1.89 bits per heavy atom. The summed E-state index contributed by atoms with van der Waals surface area (Å²) in [5.41, 5.74) is -2.38. The molecule has 8 heteroatoms. The molecule has 7 atom stereocenters. The molecule has 35 heavy (non-hydrogen) atoms. The van der Waals surface area contributed by atoms with Crippen LogP contribution in [0.4, 0.5) is 0 Å². The lowest BCUT2D eigenvalue weighted by molar-refractivity contribution is -0.162. The van der Waals surface area contributed by atoms with Gasteiger partial charge in [-0.1, -0.05) is 64.3 Å². The number of carbonyl (C=O) groups is 3. The quantitative estimate of drug-likeness (QED) is 0.320. The van der Waals surface area contributed by atoms with Gasteiger partial charge >= 0.3 is 5.97 Å². The first-order valence-corrected chi connectivity index (χ1v) is 13.2. The summed E-state index contributed by atoms with van der Waals surface area (Å²) < 4.78 is 12.3. The summed E-state index contributed by atoms with van der Waals surface area (Å²) in [6, 6.07) is -1.50. The van der Waals surface area contributed by atoms with E-state index in [0.717, 1.165) is 25.7 Å². The molecule has 1 spiro atoms. The van der Waals surface area contributed by atoms with Crippen LogP contribution in [0.5, 0.6) is 0 Å². The lowest BCUT2D eigenvalue weighted by Gasteiger charge is -2.41. The highest BCUT2D eigenvalue weighted by Crippen LogP contribution is 2.57. The third-order valence-corrected chi connectivity index (χ3v) is 8.42. The molecule has 1 unspecified atom stereocenters. The van der Waals surface area contributed by atoms with Crippen LogP contribution in [0.1, 0.15) is 59.8 Å². The number of nitrogens with zero attached hydrogens (tertiary/aromatic N) is 2. The summed E-state index contributed by atoms with van der Waals surface area (Å²) in [4.78, 5) is 45.0. The fraction of sp³-hybridized carbons (Fsp3) is 0.741. The van der Waals surface area contributed by atoms with Gasteiger partial charge < -0.3 is 24.4 Å². The van der Waals surface area contributed by atoms with Crippen molar-refractivity contribution in [2.45, 2.75) is 83.1 Å². The number of carbonyl (C=O) groups excluding carboxylic acids is 3. The Kier molecular flexibility index (Phi) is 7.44. The number of fused-ring (bicyclic) bond motifs is 2. The molecule has 4 heterocycles. The minimum atomic E-state index is -1.30. The summed E-state index contributed by atoms with van der Waals surface area (Å²) in [6.45, 7) is 8.90. The third kappa shape index (κ3) is 4.12. The Bertz CT molecular complexity index is 902. The van der Waals surface area contributed by atoms with Crippen LogP contribution in [-0.4, -0.2) is 82.3 Å². The topological polar surface area (TPSA) is 96.4 Å². The van der Waals surface area contributed by atoms with Crippen LogP contribution in [0.2, 0.25) is 0 Å². The number of esters is 1. The zero-order valence-electron chi connectivity index (χ0n) is 21.4. The predicted molar refractivity (Wildman–Crippen MR) is 130 cm³/mol. The fourth-order valence-electron chi connectivity index (χ4n) is 6.40. The normalized spacial score (nSPS) is 36.1. The first-order chi connectivity index (χ1) is 16.8. The molecular weight excluding hydrogens is 448 g/mol. The number of likely N-dealkylation sites (tertiary alicyclic amines) is 1. The van der Waals surface area contributed by atoms with E-state index < -0.39 is 41.1 Å². The SMILES string of the molecule is CCCCCN1CC=C[C@]23O[C@]4(C)C=CCCOC(=O)[C@@H]4[C@H]2C(=O)N([C@@H](CO)[C@@H](C)CC)C3C1=O. The van der Waals surface area contributed by atoms with Crippen molar-refractivity contribution in [3.63, 3.8) is 0 Å². The zero-order valence-corrected chi connectivity index (χ0v) is 21.4. The summed E-state index contributed by atoms with van der Waals surface area (Å²) in [6.07, 6.45) is 11.8. The first-order valence-electron chi connectivity index (χ1n) is 13.2. The number of amides is 2. The Hall–Kier alpha value is -2.19. The van der Waals surface area contributed by atoms with Crippen molar-refractivity contribution in [1.29, 1.82) is 0 Å². The van der Waals surface area contributed by atoms with Gasteiger partial charge in [-0.05, 0) is 25.7 Å². The molecule has 0 saturated carbocycles. The van der Waals surface area contributed by atoms with Crippen molar-refractivity contribution >= 4 is 17.8 Å². The molecule has 0 aromatic heterocycles. The van der Waals surface area contributed by atoms with Gasteiger partial charge in [-0.3, -0.25) is 14.4 Å². The summed E-state index contributed by atoms with van der Waals surface area (Å²) in [5, 5.41) is 10.4. The molecule has 4 rings (SSSR count). The van der Waals surface area contributed by atoms with Gasteiger partial charge in [0, 0.05) is 13.1 Å². The number of aliphatic hydroxyl groups is 1. The lowest BCUT2D eigenvalue weighted by atomic mass is 9.74. The molecule has 4 aliphatic rings. The molecule has 2 amide bonds. The van der Waals surface area contributed by atoms with Crippen LogP contribution in [0.25, 0.3) is 0 Å². The van der Waals surface area contributed by atoms with Gasteiger partial charge in [0.05, 0.1) is 30.8 Å². The van der Waals surface area contributed by atoms with Crippen LogP contribution in [0.3, 0.4) is 0 Å². The van der Waals surface area contributed by atoms with Gasteiger partial charge in [0.1, 0.15) is 17.6 Å². The molecule has 2 fully saturated rings. The largest absolute Gasteiger partial charge is 0.465 e. The highest BCUT2D eigenvalue weighted by atomic mass is 16.6. The number of unbranched alkanes of at least 4 members (excludes halogenated alkanes) is 2. The second-order valence-corrected chi connectivity index (χ2v) is 10.6. The summed E-state index contributed by atoms with van der Waals surface area (Å²) in [5.74, 6) is -2.78.